The van der Waals surface area contributed by atoms with Crippen molar-refractivity contribution in [2.24, 2.45) is 7.05 Å². The lowest BCUT2D eigenvalue weighted by Crippen LogP contribution is -2.01. The molecule has 2 aromatic rings. The number of methoxy groups -OCH3 is 1. The van der Waals surface area contributed by atoms with Gasteiger partial charge in [0.1, 0.15) is 5.75 Å². The lowest BCUT2D eigenvalue weighted by Gasteiger charge is -2.09. The van der Waals surface area contributed by atoms with Crippen LogP contribution < -0.4 is 4.74 Å². The maximum Gasteiger partial charge on any atom is 0.313 e. The fourth-order valence-corrected chi connectivity index (χ4v) is 2.43. The van der Waals surface area contributed by atoms with E-state index in [4.69, 9.17) is 9.84 Å². The zero-order valence-corrected chi connectivity index (χ0v) is 12.3. The summed E-state index contributed by atoms with van der Waals surface area (Å²) in [7, 11) is 3.41. The Morgan fingerprint density at radius 1 is 1.45 bits per heavy atom. The van der Waals surface area contributed by atoms with E-state index < -0.39 is 5.97 Å². The second-order valence-corrected chi connectivity index (χ2v) is 5.19. The van der Waals surface area contributed by atoms with Gasteiger partial charge in [-0.05, 0) is 19.1 Å². The van der Waals surface area contributed by atoms with Crippen LogP contribution in [0.4, 0.5) is 0 Å². The molecule has 0 unspecified atom stereocenters. The highest BCUT2D eigenvalue weighted by molar-refractivity contribution is 7.99. The average Bonchev–Trinajstić information content (AvgIpc) is 2.77. The number of thioether (sulfide) groups is 1. The summed E-state index contributed by atoms with van der Waals surface area (Å²) < 4.78 is 7.10. The molecule has 0 aliphatic rings. The zero-order chi connectivity index (χ0) is 14.7. The molecular formula is C13H15N3O3S. The minimum Gasteiger partial charge on any atom is -0.496 e. The Morgan fingerprint density at radius 2 is 2.20 bits per heavy atom. The van der Waals surface area contributed by atoms with E-state index in [0.717, 1.165) is 22.9 Å². The first-order chi connectivity index (χ1) is 9.52. The Labute approximate surface area is 120 Å². The van der Waals surface area contributed by atoms with Crippen LogP contribution in [0, 0.1) is 6.92 Å². The van der Waals surface area contributed by atoms with Crippen LogP contribution in [-0.4, -0.2) is 38.7 Å². The Hall–Kier alpha value is -2.02. The van der Waals surface area contributed by atoms with Gasteiger partial charge in [-0.1, -0.05) is 23.4 Å². The number of aromatic nitrogens is 3. The van der Waals surface area contributed by atoms with E-state index in [1.54, 1.807) is 18.7 Å². The molecule has 1 heterocycles. The minimum atomic E-state index is -0.882. The van der Waals surface area contributed by atoms with Gasteiger partial charge in [0.15, 0.2) is 11.0 Å². The van der Waals surface area contributed by atoms with Gasteiger partial charge in [-0.15, -0.1) is 10.2 Å². The summed E-state index contributed by atoms with van der Waals surface area (Å²) in [6.45, 7) is 1.99. The molecule has 0 saturated heterocycles. The number of benzene rings is 1. The highest BCUT2D eigenvalue weighted by atomic mass is 32.2. The van der Waals surface area contributed by atoms with Crippen LogP contribution in [0.3, 0.4) is 0 Å². The second kappa shape index (κ2) is 5.96. The molecule has 2 rings (SSSR count). The van der Waals surface area contributed by atoms with E-state index in [2.05, 4.69) is 10.2 Å². The first kappa shape index (κ1) is 14.4. The Morgan fingerprint density at radius 3 is 2.85 bits per heavy atom. The topological polar surface area (TPSA) is 77.2 Å². The van der Waals surface area contributed by atoms with Crippen molar-refractivity contribution in [2.75, 3.05) is 12.9 Å². The van der Waals surface area contributed by atoms with E-state index in [1.807, 2.05) is 25.1 Å². The van der Waals surface area contributed by atoms with Crippen LogP contribution in [-0.2, 0) is 11.8 Å². The SMILES string of the molecule is COc1ccc(C)cc1-c1nnc(SCC(=O)O)n1C. The van der Waals surface area contributed by atoms with Crippen LogP contribution in [0.25, 0.3) is 11.4 Å². The molecule has 0 radical (unpaired) electrons. The summed E-state index contributed by atoms with van der Waals surface area (Å²) in [6, 6.07) is 5.80. The number of nitrogens with zero attached hydrogens (tertiary/aromatic N) is 3. The molecule has 1 aromatic carbocycles. The van der Waals surface area contributed by atoms with Crippen molar-refractivity contribution in [3.05, 3.63) is 23.8 Å². The second-order valence-electron chi connectivity index (χ2n) is 4.25. The lowest BCUT2D eigenvalue weighted by atomic mass is 10.1. The first-order valence-corrected chi connectivity index (χ1v) is 6.90. The zero-order valence-electron chi connectivity index (χ0n) is 11.5. The third kappa shape index (κ3) is 2.93. The van der Waals surface area contributed by atoms with Gasteiger partial charge < -0.3 is 14.4 Å². The molecule has 6 nitrogen and oxygen atoms in total. The molecule has 0 saturated carbocycles. The van der Waals surface area contributed by atoms with Crippen molar-refractivity contribution in [3.8, 4) is 17.1 Å². The number of aryl methyl sites for hydroxylation is 1. The van der Waals surface area contributed by atoms with E-state index in [1.165, 1.54) is 0 Å². The van der Waals surface area contributed by atoms with Gasteiger partial charge in [0.2, 0.25) is 0 Å². The van der Waals surface area contributed by atoms with Crippen molar-refractivity contribution in [1.29, 1.82) is 0 Å². The Bertz CT molecular complexity index is 640. The van der Waals surface area contributed by atoms with Gasteiger partial charge in [-0.3, -0.25) is 4.79 Å². The van der Waals surface area contributed by atoms with Gasteiger partial charge in [0.05, 0.1) is 18.4 Å². The van der Waals surface area contributed by atoms with E-state index in [9.17, 15) is 4.79 Å². The smallest absolute Gasteiger partial charge is 0.313 e. The third-order valence-corrected chi connectivity index (χ3v) is 3.76. The predicted molar refractivity (Wildman–Crippen MR) is 76.1 cm³/mol. The summed E-state index contributed by atoms with van der Waals surface area (Å²) in [4.78, 5) is 10.6. The van der Waals surface area contributed by atoms with Crippen LogP contribution in [0.1, 0.15) is 5.56 Å². The van der Waals surface area contributed by atoms with Gasteiger partial charge >= 0.3 is 5.97 Å². The number of carboxylic acid groups (broad SMARTS) is 1. The van der Waals surface area contributed by atoms with Crippen molar-refractivity contribution < 1.29 is 14.6 Å². The molecule has 0 aliphatic carbocycles. The van der Waals surface area contributed by atoms with Crippen LogP contribution in [0.2, 0.25) is 0 Å². The molecule has 0 spiro atoms. The van der Waals surface area contributed by atoms with E-state index >= 15 is 0 Å². The highest BCUT2D eigenvalue weighted by Crippen LogP contribution is 2.31. The normalized spacial score (nSPS) is 10.6. The number of ether oxygens (including phenoxy) is 1. The number of rotatable bonds is 5. The standard InChI is InChI=1S/C13H15N3O3S/c1-8-4-5-10(19-3)9(6-8)12-14-15-13(16(12)2)20-7-11(17)18/h4-6H,7H2,1-3H3,(H,17,18). The quantitative estimate of drug-likeness (QED) is 0.849. The number of hydrogen-bond donors (Lipinski definition) is 1. The fourth-order valence-electron chi connectivity index (χ4n) is 1.80. The van der Waals surface area contributed by atoms with E-state index in [0.29, 0.717) is 16.7 Å². The largest absolute Gasteiger partial charge is 0.496 e. The fraction of sp³-hybridized carbons (Fsp3) is 0.308. The maximum absolute atomic E-state index is 10.6. The van der Waals surface area contributed by atoms with Crippen LogP contribution in [0.5, 0.6) is 5.75 Å². The molecule has 0 aliphatic heterocycles. The van der Waals surface area contributed by atoms with Gasteiger partial charge in [-0.2, -0.15) is 0 Å². The number of carboxylic acids is 1. The summed E-state index contributed by atoms with van der Waals surface area (Å²) in [6.07, 6.45) is 0. The van der Waals surface area contributed by atoms with Crippen molar-refractivity contribution in [1.82, 2.24) is 14.8 Å². The monoisotopic (exact) mass is 293 g/mol. The Balaban J connectivity index is 2.39. The maximum atomic E-state index is 10.6. The minimum absolute atomic E-state index is 0.0447. The van der Waals surface area contributed by atoms with Gasteiger partial charge in [0.25, 0.3) is 0 Å². The molecular weight excluding hydrogens is 278 g/mol. The summed E-state index contributed by atoms with van der Waals surface area (Å²) in [5.41, 5.74) is 1.92. The van der Waals surface area contributed by atoms with Gasteiger partial charge in [-0.25, -0.2) is 0 Å². The summed E-state index contributed by atoms with van der Waals surface area (Å²) >= 11 is 1.14. The van der Waals surface area contributed by atoms with Crippen molar-refractivity contribution in [3.63, 3.8) is 0 Å². The molecule has 0 bridgehead atoms. The third-order valence-electron chi connectivity index (χ3n) is 2.76. The number of carbonyl (C=O) groups is 1. The highest BCUT2D eigenvalue weighted by Gasteiger charge is 2.16. The van der Waals surface area contributed by atoms with Crippen molar-refractivity contribution in [2.45, 2.75) is 12.1 Å². The number of aliphatic carboxylic acids is 1. The predicted octanol–water partition coefficient (Wildman–Crippen LogP) is 1.98. The molecule has 0 amide bonds. The molecule has 0 fully saturated rings. The molecule has 1 aromatic heterocycles. The molecule has 106 valence electrons. The molecule has 0 atom stereocenters. The molecule has 1 N–H and O–H groups in total. The summed E-state index contributed by atoms with van der Waals surface area (Å²) in [5, 5.41) is 17.4. The van der Waals surface area contributed by atoms with E-state index in [-0.39, 0.29) is 5.75 Å². The lowest BCUT2D eigenvalue weighted by molar-refractivity contribution is -0.133. The summed E-state index contributed by atoms with van der Waals surface area (Å²) in [5.74, 6) is 0.434. The molecule has 20 heavy (non-hydrogen) atoms. The Kier molecular flexibility index (Phi) is 4.29. The van der Waals surface area contributed by atoms with Crippen LogP contribution >= 0.6 is 11.8 Å². The van der Waals surface area contributed by atoms with Crippen LogP contribution in [0.15, 0.2) is 23.4 Å². The first-order valence-electron chi connectivity index (χ1n) is 5.92. The molecule has 7 heteroatoms. The number of hydrogen-bond acceptors (Lipinski definition) is 5. The average molecular weight is 293 g/mol. The van der Waals surface area contributed by atoms with Gasteiger partial charge in [0, 0.05) is 7.05 Å². The van der Waals surface area contributed by atoms with Crippen molar-refractivity contribution >= 4 is 17.7 Å².